The highest BCUT2D eigenvalue weighted by atomic mass is 15.3. The quantitative estimate of drug-likeness (QED) is 0.642. The lowest BCUT2D eigenvalue weighted by Crippen LogP contribution is -2.46. The van der Waals surface area contributed by atoms with Crippen LogP contribution in [0.5, 0.6) is 0 Å². The third-order valence-electron chi connectivity index (χ3n) is 3.92. The molecule has 1 aliphatic carbocycles. The van der Waals surface area contributed by atoms with Crippen LogP contribution in [0, 0.1) is 5.92 Å². The van der Waals surface area contributed by atoms with Gasteiger partial charge in [0, 0.05) is 13.1 Å². The second-order valence-electron chi connectivity index (χ2n) is 5.25. The molecular formula is C15H23N3. The van der Waals surface area contributed by atoms with Crippen LogP contribution in [0.15, 0.2) is 35.3 Å². The van der Waals surface area contributed by atoms with E-state index in [0.29, 0.717) is 17.9 Å². The molecule has 0 heterocycles. The van der Waals surface area contributed by atoms with Crippen molar-refractivity contribution < 1.29 is 0 Å². The third-order valence-corrected chi connectivity index (χ3v) is 3.92. The second kappa shape index (κ2) is 5.89. The molecular weight excluding hydrogens is 222 g/mol. The van der Waals surface area contributed by atoms with Gasteiger partial charge in [-0.15, -0.1) is 0 Å². The van der Waals surface area contributed by atoms with E-state index in [0.717, 1.165) is 5.69 Å². The summed E-state index contributed by atoms with van der Waals surface area (Å²) in [6.07, 6.45) is 5.18. The van der Waals surface area contributed by atoms with Crippen molar-refractivity contribution in [1.29, 1.82) is 0 Å². The summed E-state index contributed by atoms with van der Waals surface area (Å²) in [6.45, 7) is 2.32. The molecule has 0 aliphatic heterocycles. The lowest BCUT2D eigenvalue weighted by molar-refractivity contribution is 0.204. The molecule has 1 aliphatic rings. The van der Waals surface area contributed by atoms with Crippen LogP contribution in [0.4, 0.5) is 5.69 Å². The Morgan fingerprint density at radius 1 is 1.22 bits per heavy atom. The molecule has 2 N–H and O–H groups in total. The first-order valence-corrected chi connectivity index (χ1v) is 6.80. The Labute approximate surface area is 110 Å². The maximum atomic E-state index is 6.12. The zero-order valence-electron chi connectivity index (χ0n) is 11.3. The SMILES string of the molecule is CC1CCCCC1N(C)C(N)=Nc1ccccc1. The number of rotatable bonds is 2. The molecule has 0 saturated heterocycles. The molecule has 2 unspecified atom stereocenters. The van der Waals surface area contributed by atoms with Crippen LogP contribution in [-0.4, -0.2) is 23.9 Å². The minimum atomic E-state index is 0.534. The summed E-state index contributed by atoms with van der Waals surface area (Å²) in [6, 6.07) is 10.4. The molecule has 3 nitrogen and oxygen atoms in total. The highest BCUT2D eigenvalue weighted by Gasteiger charge is 2.25. The molecule has 3 heteroatoms. The molecule has 1 aromatic rings. The molecule has 1 saturated carbocycles. The number of benzene rings is 1. The van der Waals surface area contributed by atoms with Gasteiger partial charge in [0.2, 0.25) is 0 Å². The molecule has 0 aromatic heterocycles. The number of hydrogen-bond donors (Lipinski definition) is 1. The van der Waals surface area contributed by atoms with Gasteiger partial charge in [-0.1, -0.05) is 38.0 Å². The van der Waals surface area contributed by atoms with Gasteiger partial charge in [0.25, 0.3) is 0 Å². The van der Waals surface area contributed by atoms with Crippen LogP contribution in [0.2, 0.25) is 0 Å². The van der Waals surface area contributed by atoms with E-state index in [2.05, 4.69) is 23.9 Å². The largest absolute Gasteiger partial charge is 0.369 e. The first-order valence-electron chi connectivity index (χ1n) is 6.80. The Bertz CT molecular complexity index is 399. The van der Waals surface area contributed by atoms with Gasteiger partial charge in [-0.2, -0.15) is 0 Å². The highest BCUT2D eigenvalue weighted by Crippen LogP contribution is 2.27. The summed E-state index contributed by atoms with van der Waals surface area (Å²) in [4.78, 5) is 6.64. The van der Waals surface area contributed by atoms with Gasteiger partial charge in [-0.3, -0.25) is 0 Å². The molecule has 1 fully saturated rings. The summed E-state index contributed by atoms with van der Waals surface area (Å²) in [5, 5.41) is 0. The van der Waals surface area contributed by atoms with Crippen molar-refractivity contribution in [3.63, 3.8) is 0 Å². The van der Waals surface area contributed by atoms with Crippen molar-refractivity contribution in [3.05, 3.63) is 30.3 Å². The number of aliphatic imine (C=N–C) groups is 1. The van der Waals surface area contributed by atoms with Crippen molar-refractivity contribution in [2.75, 3.05) is 7.05 Å². The average Bonchev–Trinajstić information content (AvgIpc) is 2.39. The maximum absolute atomic E-state index is 6.12. The first kappa shape index (κ1) is 12.9. The van der Waals surface area contributed by atoms with Gasteiger partial charge >= 0.3 is 0 Å². The van der Waals surface area contributed by atoms with Crippen molar-refractivity contribution in [3.8, 4) is 0 Å². The van der Waals surface area contributed by atoms with Gasteiger partial charge in [0.1, 0.15) is 0 Å². The van der Waals surface area contributed by atoms with Crippen LogP contribution < -0.4 is 5.73 Å². The Kier molecular flexibility index (Phi) is 4.24. The van der Waals surface area contributed by atoms with Crippen LogP contribution in [-0.2, 0) is 0 Å². The molecule has 0 spiro atoms. The summed E-state index contributed by atoms with van der Waals surface area (Å²) < 4.78 is 0. The van der Waals surface area contributed by atoms with Crippen LogP contribution in [0.3, 0.4) is 0 Å². The Morgan fingerprint density at radius 2 is 1.89 bits per heavy atom. The monoisotopic (exact) mass is 245 g/mol. The minimum Gasteiger partial charge on any atom is -0.369 e. The minimum absolute atomic E-state index is 0.534. The van der Waals surface area contributed by atoms with Crippen LogP contribution in [0.25, 0.3) is 0 Å². The smallest absolute Gasteiger partial charge is 0.196 e. The summed E-state index contributed by atoms with van der Waals surface area (Å²) in [5.74, 6) is 1.33. The van der Waals surface area contributed by atoms with Gasteiger partial charge in [-0.25, -0.2) is 4.99 Å². The van der Waals surface area contributed by atoms with Gasteiger partial charge in [0.15, 0.2) is 5.96 Å². The number of para-hydroxylation sites is 1. The van der Waals surface area contributed by atoms with Gasteiger partial charge in [0.05, 0.1) is 5.69 Å². The fourth-order valence-electron chi connectivity index (χ4n) is 2.76. The van der Waals surface area contributed by atoms with E-state index in [9.17, 15) is 0 Å². The Hall–Kier alpha value is -1.51. The summed E-state index contributed by atoms with van der Waals surface area (Å²) in [7, 11) is 2.06. The first-order chi connectivity index (χ1) is 8.68. The van der Waals surface area contributed by atoms with Crippen molar-refractivity contribution >= 4 is 11.6 Å². The van der Waals surface area contributed by atoms with Crippen LogP contribution in [0.1, 0.15) is 32.6 Å². The molecule has 0 bridgehead atoms. The van der Waals surface area contributed by atoms with E-state index < -0.39 is 0 Å². The van der Waals surface area contributed by atoms with Crippen molar-refractivity contribution in [2.24, 2.45) is 16.6 Å². The van der Waals surface area contributed by atoms with Crippen molar-refractivity contribution in [2.45, 2.75) is 38.6 Å². The molecule has 2 rings (SSSR count). The van der Waals surface area contributed by atoms with E-state index in [1.54, 1.807) is 0 Å². The fraction of sp³-hybridized carbons (Fsp3) is 0.533. The number of nitrogens with zero attached hydrogens (tertiary/aromatic N) is 2. The topological polar surface area (TPSA) is 41.6 Å². The summed E-state index contributed by atoms with van der Waals surface area (Å²) >= 11 is 0. The van der Waals surface area contributed by atoms with E-state index >= 15 is 0 Å². The maximum Gasteiger partial charge on any atom is 0.196 e. The molecule has 18 heavy (non-hydrogen) atoms. The number of guanidine groups is 1. The van der Waals surface area contributed by atoms with E-state index in [-0.39, 0.29) is 0 Å². The van der Waals surface area contributed by atoms with Gasteiger partial charge in [-0.05, 0) is 30.9 Å². The predicted molar refractivity (Wildman–Crippen MR) is 76.9 cm³/mol. The molecule has 98 valence electrons. The fourth-order valence-corrected chi connectivity index (χ4v) is 2.76. The zero-order chi connectivity index (χ0) is 13.0. The Balaban J connectivity index is 2.08. The third kappa shape index (κ3) is 3.03. The molecule has 2 atom stereocenters. The lowest BCUT2D eigenvalue weighted by atomic mass is 9.85. The number of hydrogen-bond acceptors (Lipinski definition) is 1. The molecule has 0 radical (unpaired) electrons. The van der Waals surface area contributed by atoms with Crippen molar-refractivity contribution in [1.82, 2.24) is 4.90 Å². The predicted octanol–water partition coefficient (Wildman–Crippen LogP) is 3.14. The standard InChI is InChI=1S/C15H23N3/c1-12-8-6-7-11-14(12)18(2)15(16)17-13-9-4-3-5-10-13/h3-5,9-10,12,14H,6-8,11H2,1-2H3,(H2,16,17). The molecule has 1 aromatic carbocycles. The van der Waals surface area contributed by atoms with E-state index in [4.69, 9.17) is 5.73 Å². The van der Waals surface area contributed by atoms with E-state index in [1.807, 2.05) is 30.3 Å². The highest BCUT2D eigenvalue weighted by molar-refractivity contribution is 5.81. The average molecular weight is 245 g/mol. The lowest BCUT2D eigenvalue weighted by Gasteiger charge is -2.36. The normalized spacial score (nSPS) is 24.9. The van der Waals surface area contributed by atoms with Gasteiger partial charge < -0.3 is 10.6 Å². The second-order valence-corrected chi connectivity index (χ2v) is 5.25. The molecule has 0 amide bonds. The number of nitrogens with two attached hydrogens (primary N) is 1. The van der Waals surface area contributed by atoms with E-state index in [1.165, 1.54) is 25.7 Å². The Morgan fingerprint density at radius 3 is 2.56 bits per heavy atom. The van der Waals surface area contributed by atoms with Crippen LogP contribution >= 0.6 is 0 Å². The zero-order valence-corrected chi connectivity index (χ0v) is 11.3. The summed E-state index contributed by atoms with van der Waals surface area (Å²) in [5.41, 5.74) is 7.04.